The summed E-state index contributed by atoms with van der Waals surface area (Å²) in [6.45, 7) is 4.57. The van der Waals surface area contributed by atoms with E-state index in [0.29, 0.717) is 5.82 Å². The Bertz CT molecular complexity index is 3130. The molecule has 9 aromatic rings. The molecule has 1 aliphatic carbocycles. The summed E-state index contributed by atoms with van der Waals surface area (Å²) in [5.41, 5.74) is 16.7. The molecule has 0 amide bonds. The summed E-state index contributed by atoms with van der Waals surface area (Å²) in [7, 11) is 0. The van der Waals surface area contributed by atoms with Crippen molar-refractivity contribution in [2.45, 2.75) is 25.7 Å². The molecule has 64 heavy (non-hydrogen) atoms. The first-order chi connectivity index (χ1) is 31.4. The first-order valence-corrected chi connectivity index (χ1v) is 21.8. The monoisotopic (exact) mass is 822 g/mol. The van der Waals surface area contributed by atoms with Crippen molar-refractivity contribution >= 4 is 5.57 Å². The lowest BCUT2D eigenvalue weighted by Gasteiger charge is -2.26. The van der Waals surface area contributed by atoms with E-state index in [1.807, 2.05) is 30.3 Å². The second-order valence-corrected chi connectivity index (χ2v) is 16.7. The van der Waals surface area contributed by atoms with Crippen LogP contribution in [0, 0.1) is 0 Å². The second kappa shape index (κ2) is 17.7. The third-order valence-corrected chi connectivity index (χ3v) is 12.1. The van der Waals surface area contributed by atoms with E-state index in [9.17, 15) is 0 Å². The number of benzene rings is 7. The first kappa shape index (κ1) is 40.0. The van der Waals surface area contributed by atoms with Crippen LogP contribution < -0.4 is 0 Å². The van der Waals surface area contributed by atoms with Crippen molar-refractivity contribution < 1.29 is 0 Å². The number of rotatable bonds is 10. The number of hydrogen-bond donors (Lipinski definition) is 0. The summed E-state index contributed by atoms with van der Waals surface area (Å²) in [6, 6.07) is 70.4. The van der Waals surface area contributed by atoms with Crippen LogP contribution in [-0.4, -0.2) is 19.9 Å². The van der Waals surface area contributed by atoms with Crippen molar-refractivity contribution in [1.29, 1.82) is 0 Å². The van der Waals surface area contributed by atoms with Crippen LogP contribution in [0.1, 0.15) is 37.2 Å². The van der Waals surface area contributed by atoms with E-state index in [0.717, 1.165) is 68.4 Å². The molecule has 0 atom stereocenters. The Morgan fingerprint density at radius 1 is 0.328 bits per heavy atom. The Kier molecular flexibility index (Phi) is 11.1. The average molecular weight is 823 g/mol. The molecule has 4 nitrogen and oxygen atoms in total. The molecule has 1 aliphatic rings. The molecule has 306 valence electrons. The molecular weight excluding hydrogens is 777 g/mol. The van der Waals surface area contributed by atoms with Crippen molar-refractivity contribution in [3.05, 3.63) is 248 Å². The lowest BCUT2D eigenvalue weighted by Crippen LogP contribution is -2.18. The van der Waals surface area contributed by atoms with E-state index in [-0.39, 0.29) is 5.41 Å². The number of nitrogens with zero attached hydrogens (tertiary/aromatic N) is 4. The van der Waals surface area contributed by atoms with Gasteiger partial charge in [0, 0.05) is 38.8 Å². The van der Waals surface area contributed by atoms with Gasteiger partial charge in [-0.1, -0.05) is 232 Å². The third-order valence-electron chi connectivity index (χ3n) is 12.1. The molecule has 2 aromatic heterocycles. The molecule has 2 heterocycles. The third kappa shape index (κ3) is 8.55. The topological polar surface area (TPSA) is 51.6 Å². The zero-order chi connectivity index (χ0) is 43.3. The highest BCUT2D eigenvalue weighted by Gasteiger charge is 2.24. The maximum atomic E-state index is 5.16. The molecular formula is C60H46N4. The minimum absolute atomic E-state index is 0.268. The molecule has 0 saturated carbocycles. The van der Waals surface area contributed by atoms with Crippen LogP contribution in [0.15, 0.2) is 231 Å². The van der Waals surface area contributed by atoms with Crippen LogP contribution >= 0.6 is 0 Å². The molecule has 0 bridgehead atoms. The van der Waals surface area contributed by atoms with Gasteiger partial charge in [0.25, 0.3) is 0 Å². The molecule has 0 spiro atoms. The van der Waals surface area contributed by atoms with Crippen LogP contribution in [0.2, 0.25) is 0 Å². The Balaban J connectivity index is 0.940. The van der Waals surface area contributed by atoms with E-state index < -0.39 is 0 Å². The Morgan fingerprint density at radius 3 is 1.09 bits per heavy atom. The van der Waals surface area contributed by atoms with Crippen LogP contribution in [0.5, 0.6) is 0 Å². The Hall–Kier alpha value is -8.08. The normalized spacial score (nSPS) is 12.4. The van der Waals surface area contributed by atoms with Crippen LogP contribution in [0.4, 0.5) is 0 Å². The van der Waals surface area contributed by atoms with Gasteiger partial charge in [-0.05, 0) is 51.9 Å². The van der Waals surface area contributed by atoms with Gasteiger partial charge in [0.05, 0.1) is 22.8 Å². The fourth-order valence-corrected chi connectivity index (χ4v) is 8.30. The predicted octanol–water partition coefficient (Wildman–Crippen LogP) is 15.2. The zero-order valence-electron chi connectivity index (χ0n) is 35.9. The SMILES string of the molecule is CC(C)(c1ccc(-c2cc(-c3ccc(-c4ccccc4)cc3)nc(C3=CC=CC=CC3)n2)cc1)c1ccc(-c2cc(-c3ccc(-c4ccccc4)cc3)nc(-c3ccccc3)n2)cc1. The van der Waals surface area contributed by atoms with Gasteiger partial charge in [0.15, 0.2) is 11.6 Å². The van der Waals surface area contributed by atoms with E-state index in [2.05, 4.69) is 214 Å². The smallest absolute Gasteiger partial charge is 0.160 e. The van der Waals surface area contributed by atoms with E-state index >= 15 is 0 Å². The molecule has 7 aromatic carbocycles. The Labute approximate surface area is 375 Å². The quantitative estimate of drug-likeness (QED) is 0.138. The summed E-state index contributed by atoms with van der Waals surface area (Å²) in [6.07, 6.45) is 11.2. The minimum atomic E-state index is -0.268. The molecule has 0 unspecified atom stereocenters. The first-order valence-electron chi connectivity index (χ1n) is 21.8. The zero-order valence-corrected chi connectivity index (χ0v) is 35.9. The lowest BCUT2D eigenvalue weighted by molar-refractivity contribution is 0.641. The molecule has 0 saturated heterocycles. The van der Waals surface area contributed by atoms with Gasteiger partial charge in [-0.15, -0.1) is 0 Å². The maximum Gasteiger partial charge on any atom is 0.160 e. The second-order valence-electron chi connectivity index (χ2n) is 16.7. The molecule has 0 radical (unpaired) electrons. The highest BCUT2D eigenvalue weighted by atomic mass is 14.9. The highest BCUT2D eigenvalue weighted by molar-refractivity contribution is 5.77. The summed E-state index contributed by atoms with van der Waals surface area (Å²) >= 11 is 0. The van der Waals surface area contributed by atoms with Gasteiger partial charge in [-0.25, -0.2) is 19.9 Å². The number of hydrogen-bond acceptors (Lipinski definition) is 4. The minimum Gasteiger partial charge on any atom is -0.228 e. The van der Waals surface area contributed by atoms with Crippen LogP contribution in [-0.2, 0) is 5.41 Å². The predicted molar refractivity (Wildman–Crippen MR) is 265 cm³/mol. The molecule has 0 N–H and O–H groups in total. The molecule has 0 fully saturated rings. The van der Waals surface area contributed by atoms with Gasteiger partial charge in [0.2, 0.25) is 0 Å². The Morgan fingerprint density at radius 2 is 0.672 bits per heavy atom. The summed E-state index contributed by atoms with van der Waals surface area (Å²) in [5.74, 6) is 1.45. The van der Waals surface area contributed by atoms with E-state index in [1.54, 1.807) is 0 Å². The highest BCUT2D eigenvalue weighted by Crippen LogP contribution is 2.36. The average Bonchev–Trinajstić information content (AvgIpc) is 3.67. The van der Waals surface area contributed by atoms with E-state index in [4.69, 9.17) is 19.9 Å². The van der Waals surface area contributed by atoms with Gasteiger partial charge >= 0.3 is 0 Å². The van der Waals surface area contributed by atoms with Gasteiger partial charge < -0.3 is 0 Å². The van der Waals surface area contributed by atoms with Crippen molar-refractivity contribution in [2.75, 3.05) is 0 Å². The van der Waals surface area contributed by atoms with Gasteiger partial charge in [-0.2, -0.15) is 0 Å². The van der Waals surface area contributed by atoms with Crippen molar-refractivity contribution in [2.24, 2.45) is 0 Å². The fourth-order valence-electron chi connectivity index (χ4n) is 8.30. The number of aromatic nitrogens is 4. The summed E-state index contributed by atoms with van der Waals surface area (Å²) in [5, 5.41) is 0. The van der Waals surface area contributed by atoms with Crippen LogP contribution in [0.25, 0.3) is 84.2 Å². The molecule has 0 aliphatic heterocycles. The van der Waals surface area contributed by atoms with Crippen molar-refractivity contribution in [1.82, 2.24) is 19.9 Å². The largest absolute Gasteiger partial charge is 0.228 e. The number of allylic oxidation sites excluding steroid dienone is 6. The summed E-state index contributed by atoms with van der Waals surface area (Å²) < 4.78 is 0. The maximum absolute atomic E-state index is 5.16. The van der Waals surface area contributed by atoms with E-state index in [1.165, 1.54) is 33.4 Å². The fraction of sp³-hybridized carbons (Fsp3) is 0.0667. The standard InChI is InChI=1S/C60H46N4/c1-60(2,53-38-34-49(35-39-53)57-41-55(62-59(64-57)51-22-14-7-15-23-51)47-30-26-45(27-31-47)43-18-12-6-13-19-43)52-36-32-48(33-37-52)56-40-54(61-58(63-56)50-20-8-3-4-9-21-50)46-28-24-44(25-29-46)42-16-10-5-11-17-42/h3-20,22-41H,21H2,1-2H3. The molecule has 10 rings (SSSR count). The summed E-state index contributed by atoms with van der Waals surface area (Å²) in [4.78, 5) is 20.4. The van der Waals surface area contributed by atoms with Crippen molar-refractivity contribution in [3.63, 3.8) is 0 Å². The van der Waals surface area contributed by atoms with Crippen molar-refractivity contribution in [3.8, 4) is 78.7 Å². The van der Waals surface area contributed by atoms with Gasteiger partial charge in [0.1, 0.15) is 0 Å². The lowest BCUT2D eigenvalue weighted by atomic mass is 9.77. The van der Waals surface area contributed by atoms with Crippen LogP contribution in [0.3, 0.4) is 0 Å². The van der Waals surface area contributed by atoms with Gasteiger partial charge in [-0.3, -0.25) is 0 Å². The molecule has 4 heteroatoms.